The smallest absolute Gasteiger partial charge is 0.305 e. The number of amides is 1. The fourth-order valence-electron chi connectivity index (χ4n) is 1.98. The summed E-state index contributed by atoms with van der Waals surface area (Å²) >= 11 is 4.82. The van der Waals surface area contributed by atoms with Crippen LogP contribution in [-0.2, 0) is 4.79 Å². The van der Waals surface area contributed by atoms with E-state index in [0.29, 0.717) is 5.56 Å². The first-order chi connectivity index (χ1) is 9.99. The van der Waals surface area contributed by atoms with Gasteiger partial charge in [-0.25, -0.2) is 0 Å². The Hall–Kier alpha value is -1.66. The number of rotatable bonds is 5. The third-order valence-corrected chi connectivity index (χ3v) is 4.93. The molecule has 0 aliphatic rings. The molecule has 1 aromatic heterocycles. The molecule has 0 radical (unpaired) electrons. The molecule has 2 rings (SSSR count). The number of carbonyl (C=O) groups excluding carboxylic acids is 1. The summed E-state index contributed by atoms with van der Waals surface area (Å²) in [5.41, 5.74) is 1.37. The van der Waals surface area contributed by atoms with Crippen molar-refractivity contribution in [3.05, 3.63) is 56.2 Å². The average molecular weight is 368 g/mol. The molecule has 1 aromatic carbocycles. The van der Waals surface area contributed by atoms with Crippen molar-refractivity contribution >= 4 is 39.1 Å². The van der Waals surface area contributed by atoms with E-state index in [1.807, 2.05) is 30.5 Å². The van der Waals surface area contributed by atoms with E-state index in [4.69, 9.17) is 5.11 Å². The van der Waals surface area contributed by atoms with Crippen LogP contribution in [0.5, 0.6) is 0 Å². The van der Waals surface area contributed by atoms with Crippen molar-refractivity contribution in [1.29, 1.82) is 0 Å². The van der Waals surface area contributed by atoms with E-state index in [1.165, 1.54) is 11.3 Å². The molecule has 0 saturated heterocycles. The Morgan fingerprint density at radius 2 is 2.10 bits per heavy atom. The van der Waals surface area contributed by atoms with Crippen LogP contribution in [0.4, 0.5) is 0 Å². The van der Waals surface area contributed by atoms with E-state index in [0.717, 1.165) is 14.9 Å². The van der Waals surface area contributed by atoms with E-state index < -0.39 is 12.0 Å². The minimum atomic E-state index is -0.945. The zero-order valence-corrected chi connectivity index (χ0v) is 13.7. The Kier molecular flexibility index (Phi) is 5.14. The van der Waals surface area contributed by atoms with Gasteiger partial charge in [-0.1, -0.05) is 28.1 Å². The summed E-state index contributed by atoms with van der Waals surface area (Å²) in [4.78, 5) is 24.2. The summed E-state index contributed by atoms with van der Waals surface area (Å²) < 4.78 is 0.848. The fourth-order valence-corrected chi connectivity index (χ4v) is 3.12. The van der Waals surface area contributed by atoms with Gasteiger partial charge in [0, 0.05) is 14.9 Å². The van der Waals surface area contributed by atoms with Crippen LogP contribution in [0.15, 0.2) is 40.2 Å². The molecule has 2 N–H and O–H groups in total. The van der Waals surface area contributed by atoms with E-state index in [1.54, 1.807) is 12.1 Å². The van der Waals surface area contributed by atoms with Crippen LogP contribution in [0.2, 0.25) is 0 Å². The maximum atomic E-state index is 12.4. The van der Waals surface area contributed by atoms with Crippen LogP contribution in [-0.4, -0.2) is 17.0 Å². The van der Waals surface area contributed by atoms with Gasteiger partial charge in [0.2, 0.25) is 0 Å². The van der Waals surface area contributed by atoms with Gasteiger partial charge in [0.1, 0.15) is 0 Å². The van der Waals surface area contributed by atoms with Gasteiger partial charge in [-0.3, -0.25) is 9.59 Å². The molecular formula is C15H14BrNO3S. The fraction of sp³-hybridized carbons (Fsp3) is 0.200. The van der Waals surface area contributed by atoms with E-state index in [-0.39, 0.29) is 12.3 Å². The quantitative estimate of drug-likeness (QED) is 0.845. The molecule has 6 heteroatoms. The topological polar surface area (TPSA) is 66.4 Å². The summed E-state index contributed by atoms with van der Waals surface area (Å²) in [6.07, 6.45) is -0.140. The third kappa shape index (κ3) is 3.92. The predicted octanol–water partition coefficient (Wildman–Crippen LogP) is 3.76. The van der Waals surface area contributed by atoms with Crippen LogP contribution in [0.3, 0.4) is 0 Å². The number of thiophene rings is 1. The summed E-state index contributed by atoms with van der Waals surface area (Å²) in [6.45, 7) is 1.84. The third-order valence-electron chi connectivity index (χ3n) is 3.08. The van der Waals surface area contributed by atoms with Gasteiger partial charge in [-0.2, -0.15) is 0 Å². The number of halogens is 1. The Balaban J connectivity index is 2.22. The first-order valence-electron chi connectivity index (χ1n) is 6.30. The second-order valence-corrected chi connectivity index (χ2v) is 6.39. The molecular weight excluding hydrogens is 354 g/mol. The largest absolute Gasteiger partial charge is 0.481 e. The normalized spacial score (nSPS) is 11.9. The molecule has 0 fully saturated rings. The van der Waals surface area contributed by atoms with Crippen molar-refractivity contribution in [2.24, 2.45) is 0 Å². The maximum absolute atomic E-state index is 12.4. The monoisotopic (exact) mass is 367 g/mol. The van der Waals surface area contributed by atoms with Gasteiger partial charge < -0.3 is 10.4 Å². The molecule has 2 aromatic rings. The molecule has 21 heavy (non-hydrogen) atoms. The van der Waals surface area contributed by atoms with Crippen molar-refractivity contribution < 1.29 is 14.7 Å². The number of nitrogens with one attached hydrogen (secondary N) is 1. The Labute approximate surface area is 134 Å². The molecule has 0 spiro atoms. The second kappa shape index (κ2) is 6.87. The summed E-state index contributed by atoms with van der Waals surface area (Å²) in [5.74, 6) is -1.21. The van der Waals surface area contributed by atoms with Crippen LogP contribution in [0.25, 0.3) is 0 Å². The lowest BCUT2D eigenvalue weighted by atomic mass is 10.1. The molecule has 4 nitrogen and oxygen atoms in total. The molecule has 0 saturated carbocycles. The van der Waals surface area contributed by atoms with Crippen LogP contribution in [0.1, 0.15) is 33.3 Å². The van der Waals surface area contributed by atoms with Crippen LogP contribution < -0.4 is 5.32 Å². The van der Waals surface area contributed by atoms with Gasteiger partial charge in [0.05, 0.1) is 12.5 Å². The van der Waals surface area contributed by atoms with Crippen LogP contribution >= 0.6 is 27.3 Å². The number of hydrogen-bond acceptors (Lipinski definition) is 3. The second-order valence-electron chi connectivity index (χ2n) is 4.55. The highest BCUT2D eigenvalue weighted by Gasteiger charge is 2.20. The molecule has 0 bridgehead atoms. The number of hydrogen-bond donors (Lipinski definition) is 2. The first-order valence-corrected chi connectivity index (χ1v) is 7.97. The average Bonchev–Trinajstić information content (AvgIpc) is 2.94. The number of carbonyl (C=O) groups is 2. The highest BCUT2D eigenvalue weighted by atomic mass is 79.9. The van der Waals surface area contributed by atoms with E-state index >= 15 is 0 Å². The lowest BCUT2D eigenvalue weighted by molar-refractivity contribution is -0.137. The van der Waals surface area contributed by atoms with Gasteiger partial charge in [-0.05, 0) is 36.1 Å². The van der Waals surface area contributed by atoms with Crippen molar-refractivity contribution in [3.63, 3.8) is 0 Å². The lowest BCUT2D eigenvalue weighted by Crippen LogP contribution is -2.30. The van der Waals surface area contributed by atoms with Crippen molar-refractivity contribution in [1.82, 2.24) is 5.32 Å². The standard InChI is InChI=1S/C15H14BrNO3S/c1-9-10(4-2-5-11(9)16)15(20)17-12(8-14(18)19)13-6-3-7-21-13/h2-7,12H,8H2,1H3,(H,17,20)(H,18,19). The van der Waals surface area contributed by atoms with Crippen molar-refractivity contribution in [3.8, 4) is 0 Å². The molecule has 0 aliphatic heterocycles. The number of carboxylic acid groups (broad SMARTS) is 1. The Bertz CT molecular complexity index is 655. The molecule has 1 atom stereocenters. The highest BCUT2D eigenvalue weighted by molar-refractivity contribution is 9.10. The van der Waals surface area contributed by atoms with Crippen molar-refractivity contribution in [2.45, 2.75) is 19.4 Å². The lowest BCUT2D eigenvalue weighted by Gasteiger charge is -2.16. The van der Waals surface area contributed by atoms with E-state index in [2.05, 4.69) is 21.2 Å². The summed E-state index contributed by atoms with van der Waals surface area (Å²) in [5, 5.41) is 13.7. The summed E-state index contributed by atoms with van der Waals surface area (Å²) in [6, 6.07) is 8.51. The SMILES string of the molecule is Cc1c(Br)cccc1C(=O)NC(CC(=O)O)c1cccs1. The zero-order valence-electron chi connectivity index (χ0n) is 11.3. The number of benzene rings is 1. The molecule has 1 unspecified atom stereocenters. The van der Waals surface area contributed by atoms with Gasteiger partial charge in [0.25, 0.3) is 5.91 Å². The van der Waals surface area contributed by atoms with Crippen LogP contribution in [0, 0.1) is 6.92 Å². The van der Waals surface area contributed by atoms with Gasteiger partial charge >= 0.3 is 5.97 Å². The zero-order chi connectivity index (χ0) is 15.4. The first kappa shape index (κ1) is 15.7. The maximum Gasteiger partial charge on any atom is 0.305 e. The Morgan fingerprint density at radius 3 is 2.71 bits per heavy atom. The highest BCUT2D eigenvalue weighted by Crippen LogP contribution is 2.24. The minimum Gasteiger partial charge on any atom is -0.481 e. The number of aliphatic carboxylic acids is 1. The van der Waals surface area contributed by atoms with E-state index in [9.17, 15) is 9.59 Å². The molecule has 110 valence electrons. The molecule has 0 aliphatic carbocycles. The van der Waals surface area contributed by atoms with Gasteiger partial charge in [-0.15, -0.1) is 11.3 Å². The molecule has 1 heterocycles. The number of carboxylic acids is 1. The summed E-state index contributed by atoms with van der Waals surface area (Å²) in [7, 11) is 0. The minimum absolute atomic E-state index is 0.140. The molecule has 1 amide bonds. The predicted molar refractivity (Wildman–Crippen MR) is 85.7 cm³/mol. The van der Waals surface area contributed by atoms with Gasteiger partial charge in [0.15, 0.2) is 0 Å². The van der Waals surface area contributed by atoms with Crippen molar-refractivity contribution in [2.75, 3.05) is 0 Å². The Morgan fingerprint density at radius 1 is 1.33 bits per heavy atom.